The molecular formula is C31H28ClN7O4. The highest BCUT2D eigenvalue weighted by atomic mass is 35.5. The predicted molar refractivity (Wildman–Crippen MR) is 160 cm³/mol. The zero-order chi connectivity index (χ0) is 29.8. The Balaban J connectivity index is 1.20. The first kappa shape index (κ1) is 28.3. The van der Waals surface area contributed by atoms with E-state index in [-0.39, 0.29) is 11.6 Å². The highest BCUT2D eigenvalue weighted by Gasteiger charge is 2.44. The summed E-state index contributed by atoms with van der Waals surface area (Å²) in [4.78, 5) is 38.5. The van der Waals surface area contributed by atoms with Gasteiger partial charge >= 0.3 is 5.97 Å². The molecule has 0 spiro atoms. The van der Waals surface area contributed by atoms with Gasteiger partial charge in [-0.15, -0.1) is 0 Å². The van der Waals surface area contributed by atoms with Gasteiger partial charge in [0.05, 0.1) is 61.3 Å². The van der Waals surface area contributed by atoms with Crippen molar-refractivity contribution in [1.82, 2.24) is 30.0 Å². The molecule has 0 aliphatic carbocycles. The van der Waals surface area contributed by atoms with Crippen molar-refractivity contribution < 1.29 is 19.1 Å². The third-order valence-electron chi connectivity index (χ3n) is 7.45. The highest BCUT2D eigenvalue weighted by molar-refractivity contribution is 6.30. The van der Waals surface area contributed by atoms with Crippen LogP contribution in [0.25, 0.3) is 10.8 Å². The van der Waals surface area contributed by atoms with Gasteiger partial charge in [0.25, 0.3) is 0 Å². The van der Waals surface area contributed by atoms with Crippen molar-refractivity contribution >= 4 is 39.9 Å². The lowest BCUT2D eigenvalue weighted by Crippen LogP contribution is -2.50. The number of carbonyl (C=O) groups excluding carboxylic acids is 2. The summed E-state index contributed by atoms with van der Waals surface area (Å²) in [6.07, 6.45) is 8.63. The van der Waals surface area contributed by atoms with Crippen molar-refractivity contribution in [3.8, 4) is 5.75 Å². The minimum atomic E-state index is -0.963. The van der Waals surface area contributed by atoms with Crippen molar-refractivity contribution in [2.24, 2.45) is 0 Å². The fourth-order valence-electron chi connectivity index (χ4n) is 5.23. The van der Waals surface area contributed by atoms with Gasteiger partial charge in [0, 0.05) is 53.3 Å². The Morgan fingerprint density at radius 3 is 2.79 bits per heavy atom. The molecule has 218 valence electrons. The van der Waals surface area contributed by atoms with Gasteiger partial charge in [-0.1, -0.05) is 35.9 Å². The number of nitrogens with zero attached hydrogens (tertiary/aromatic N) is 5. The summed E-state index contributed by atoms with van der Waals surface area (Å²) in [6.45, 7) is 1.49. The van der Waals surface area contributed by atoms with Crippen LogP contribution >= 0.6 is 11.6 Å². The highest BCUT2D eigenvalue weighted by Crippen LogP contribution is 2.41. The van der Waals surface area contributed by atoms with Gasteiger partial charge < -0.3 is 20.1 Å². The standard InChI is InChI=1S/C31H28ClN7O4/c1-42-29(40)27-17-35-23(15-36-27)18-39-10-8-22(38-39)14-34-19-31(9-11-43-28-7-6-21(32)12-25(28)31)30(41)37-26-16-33-13-20-4-2-3-5-24(20)26/h2-8,10,12-13,15-17,34H,9,11,14,18-19H2,1H3,(H,37,41). The molecule has 6 rings (SSSR count). The van der Waals surface area contributed by atoms with E-state index in [0.717, 1.165) is 22.0 Å². The summed E-state index contributed by atoms with van der Waals surface area (Å²) in [6, 6.07) is 15.1. The first-order valence-electron chi connectivity index (χ1n) is 13.6. The van der Waals surface area contributed by atoms with Crippen molar-refractivity contribution in [1.29, 1.82) is 0 Å². The van der Waals surface area contributed by atoms with E-state index < -0.39 is 11.4 Å². The van der Waals surface area contributed by atoms with E-state index in [4.69, 9.17) is 16.3 Å². The van der Waals surface area contributed by atoms with E-state index in [9.17, 15) is 9.59 Å². The molecule has 11 nitrogen and oxygen atoms in total. The molecule has 0 fully saturated rings. The van der Waals surface area contributed by atoms with Crippen LogP contribution in [0.2, 0.25) is 5.02 Å². The quantitative estimate of drug-likeness (QED) is 0.240. The van der Waals surface area contributed by atoms with E-state index >= 15 is 0 Å². The maximum absolute atomic E-state index is 14.2. The van der Waals surface area contributed by atoms with Crippen LogP contribution in [0.3, 0.4) is 0 Å². The normalized spacial score (nSPS) is 15.9. The summed E-state index contributed by atoms with van der Waals surface area (Å²) in [5.41, 5.74) is 1.97. The summed E-state index contributed by atoms with van der Waals surface area (Å²) >= 11 is 6.41. The van der Waals surface area contributed by atoms with Gasteiger partial charge in [0.15, 0.2) is 5.69 Å². The summed E-state index contributed by atoms with van der Waals surface area (Å²) in [7, 11) is 1.30. The van der Waals surface area contributed by atoms with Crippen LogP contribution in [0.15, 0.2) is 79.5 Å². The third-order valence-corrected chi connectivity index (χ3v) is 7.68. The van der Waals surface area contributed by atoms with Gasteiger partial charge in [-0.25, -0.2) is 9.78 Å². The number of ether oxygens (including phenoxy) is 2. The molecule has 1 aliphatic heterocycles. The lowest BCUT2D eigenvalue weighted by molar-refractivity contribution is -0.122. The fraction of sp³-hybridized carbons (Fsp3) is 0.226. The van der Waals surface area contributed by atoms with Gasteiger partial charge in [-0.05, 0) is 24.3 Å². The minimum Gasteiger partial charge on any atom is -0.493 e. The number of esters is 1. The van der Waals surface area contributed by atoms with Crippen LogP contribution in [-0.2, 0) is 28.0 Å². The predicted octanol–water partition coefficient (Wildman–Crippen LogP) is 4.16. The van der Waals surface area contributed by atoms with Gasteiger partial charge in [-0.3, -0.25) is 19.4 Å². The number of methoxy groups -OCH3 is 1. The van der Waals surface area contributed by atoms with Gasteiger partial charge in [0.2, 0.25) is 5.91 Å². The Morgan fingerprint density at radius 1 is 1.07 bits per heavy atom. The molecule has 1 atom stereocenters. The van der Waals surface area contributed by atoms with Crippen molar-refractivity contribution in [2.75, 3.05) is 25.6 Å². The third kappa shape index (κ3) is 5.90. The van der Waals surface area contributed by atoms with Crippen molar-refractivity contribution in [3.05, 3.63) is 107 Å². The molecular weight excluding hydrogens is 570 g/mol. The number of rotatable bonds is 9. The zero-order valence-electron chi connectivity index (χ0n) is 23.3. The molecule has 2 aromatic carbocycles. The monoisotopic (exact) mass is 597 g/mol. The van der Waals surface area contributed by atoms with Crippen molar-refractivity contribution in [3.63, 3.8) is 0 Å². The molecule has 0 saturated heterocycles. The first-order valence-corrected chi connectivity index (χ1v) is 14.0. The van der Waals surface area contributed by atoms with E-state index in [1.54, 1.807) is 35.3 Å². The second-order valence-electron chi connectivity index (χ2n) is 10.2. The molecule has 0 saturated carbocycles. The van der Waals surface area contributed by atoms with Crippen LogP contribution in [0.5, 0.6) is 5.75 Å². The van der Waals surface area contributed by atoms with E-state index in [2.05, 4.69) is 35.4 Å². The SMILES string of the molecule is COC(=O)c1cnc(Cn2ccc(CNCC3(C(=O)Nc4cncc5ccccc45)CCOc4ccc(Cl)cc43)n2)cn1. The number of carbonyl (C=O) groups is 2. The molecule has 0 bridgehead atoms. The Morgan fingerprint density at radius 2 is 1.95 bits per heavy atom. The van der Waals surface area contributed by atoms with Gasteiger partial charge in [0.1, 0.15) is 5.75 Å². The second-order valence-corrected chi connectivity index (χ2v) is 10.6. The Labute approximate surface area is 252 Å². The van der Waals surface area contributed by atoms with Crippen LogP contribution in [0, 0.1) is 0 Å². The number of aromatic nitrogens is 5. The van der Waals surface area contributed by atoms with E-state index in [1.807, 2.05) is 36.5 Å². The number of hydrogen-bond acceptors (Lipinski definition) is 9. The smallest absolute Gasteiger partial charge is 0.358 e. The van der Waals surface area contributed by atoms with Crippen LogP contribution in [-0.4, -0.2) is 56.9 Å². The number of halogens is 1. The lowest BCUT2D eigenvalue weighted by atomic mass is 9.74. The van der Waals surface area contributed by atoms with Crippen LogP contribution < -0.4 is 15.4 Å². The number of amides is 1. The average Bonchev–Trinajstić information content (AvgIpc) is 3.48. The van der Waals surface area contributed by atoms with Gasteiger partial charge in [-0.2, -0.15) is 5.10 Å². The zero-order valence-corrected chi connectivity index (χ0v) is 24.0. The number of anilines is 1. The molecule has 2 N–H and O–H groups in total. The van der Waals surface area contributed by atoms with Crippen LogP contribution in [0.1, 0.15) is 33.9 Å². The molecule has 1 unspecified atom stereocenters. The largest absolute Gasteiger partial charge is 0.493 e. The maximum Gasteiger partial charge on any atom is 0.358 e. The minimum absolute atomic E-state index is 0.141. The first-order chi connectivity index (χ1) is 20.9. The number of nitrogens with one attached hydrogen (secondary N) is 2. The molecule has 0 radical (unpaired) electrons. The Kier molecular flexibility index (Phi) is 7.99. The van der Waals surface area contributed by atoms with E-state index in [1.165, 1.54) is 19.5 Å². The second kappa shape index (κ2) is 12.2. The molecule has 1 aliphatic rings. The summed E-state index contributed by atoms with van der Waals surface area (Å²) in [5, 5.41) is 13.6. The molecule has 3 aromatic heterocycles. The van der Waals surface area contributed by atoms with Crippen molar-refractivity contribution in [2.45, 2.75) is 24.9 Å². The molecule has 4 heterocycles. The average molecular weight is 598 g/mol. The number of hydrogen-bond donors (Lipinski definition) is 2. The molecule has 1 amide bonds. The topological polar surface area (TPSA) is 133 Å². The summed E-state index contributed by atoms with van der Waals surface area (Å²) in [5.74, 6) is -0.0853. The summed E-state index contributed by atoms with van der Waals surface area (Å²) < 4.78 is 12.3. The molecule has 12 heteroatoms. The van der Waals surface area contributed by atoms with E-state index in [0.29, 0.717) is 54.8 Å². The number of fused-ring (bicyclic) bond motifs is 2. The number of pyridine rings is 1. The maximum atomic E-state index is 14.2. The fourth-order valence-corrected chi connectivity index (χ4v) is 5.40. The molecule has 43 heavy (non-hydrogen) atoms. The van der Waals surface area contributed by atoms with Crippen LogP contribution in [0.4, 0.5) is 5.69 Å². The Bertz CT molecular complexity index is 1790. The lowest BCUT2D eigenvalue weighted by Gasteiger charge is -2.38. The number of benzene rings is 2. The Hall–Kier alpha value is -4.87. The molecule has 5 aromatic rings.